The molecule has 2 N–H and O–H groups in total. The van der Waals surface area contributed by atoms with Gasteiger partial charge in [0, 0.05) is 43.7 Å². The zero-order valence-corrected chi connectivity index (χ0v) is 15.1. The van der Waals surface area contributed by atoms with Gasteiger partial charge in [0.15, 0.2) is 0 Å². The van der Waals surface area contributed by atoms with E-state index in [2.05, 4.69) is 10.6 Å². The van der Waals surface area contributed by atoms with E-state index in [9.17, 15) is 9.59 Å². The van der Waals surface area contributed by atoms with Crippen LogP contribution in [0.2, 0.25) is 0 Å². The molecule has 2 heterocycles. The highest BCUT2D eigenvalue weighted by Gasteiger charge is 2.25. The summed E-state index contributed by atoms with van der Waals surface area (Å²) in [5, 5.41) is 6.38. The molecule has 25 heavy (non-hydrogen) atoms. The number of carbonyl (C=O) groups is 2. The smallest absolute Gasteiger partial charge is 0.253 e. The number of morpholine rings is 1. The summed E-state index contributed by atoms with van der Waals surface area (Å²) in [5.74, 6) is 0.134. The lowest BCUT2D eigenvalue weighted by Gasteiger charge is -2.33. The van der Waals surface area contributed by atoms with Crippen molar-refractivity contribution in [2.75, 3.05) is 32.8 Å². The first-order chi connectivity index (χ1) is 11.7. The number of carbonyl (C=O) groups excluding carboxylic acids is 2. The van der Waals surface area contributed by atoms with Crippen molar-refractivity contribution in [2.24, 2.45) is 0 Å². The van der Waals surface area contributed by atoms with Gasteiger partial charge < -0.3 is 20.3 Å². The molecule has 1 aromatic carbocycles. The molecule has 0 radical (unpaired) electrons. The fraction of sp³-hybridized carbons (Fsp3) is 0.556. The number of hydrogen-bond acceptors (Lipinski definition) is 4. The highest BCUT2D eigenvalue weighted by molar-refractivity contribution is 5.94. The second-order valence-electron chi connectivity index (χ2n) is 6.43. The molecule has 2 aliphatic heterocycles. The number of hydrogen-bond donors (Lipinski definition) is 2. The Balaban J connectivity index is 0.00000225. The fourth-order valence-corrected chi connectivity index (χ4v) is 3.25. The predicted octanol–water partition coefficient (Wildman–Crippen LogP) is 1.21. The van der Waals surface area contributed by atoms with E-state index in [1.165, 1.54) is 0 Å². The average Bonchev–Trinajstić information content (AvgIpc) is 2.63. The van der Waals surface area contributed by atoms with Gasteiger partial charge in [0.25, 0.3) is 5.91 Å². The molecule has 0 aromatic heterocycles. The van der Waals surface area contributed by atoms with Crippen LogP contribution in [0.3, 0.4) is 0 Å². The summed E-state index contributed by atoms with van der Waals surface area (Å²) in [6.45, 7) is 3.48. The third-order valence-corrected chi connectivity index (χ3v) is 4.60. The van der Waals surface area contributed by atoms with E-state index in [1.807, 2.05) is 35.2 Å². The molecule has 0 bridgehead atoms. The number of benzene rings is 1. The number of nitrogens with one attached hydrogen (secondary N) is 2. The van der Waals surface area contributed by atoms with Crippen LogP contribution in [-0.2, 0) is 9.53 Å². The number of ether oxygens (including phenoxy) is 1. The summed E-state index contributed by atoms with van der Waals surface area (Å²) in [6, 6.07) is 9.61. The fourth-order valence-electron chi connectivity index (χ4n) is 3.25. The Morgan fingerprint density at radius 3 is 2.56 bits per heavy atom. The highest BCUT2D eigenvalue weighted by Crippen LogP contribution is 2.14. The molecule has 1 unspecified atom stereocenters. The van der Waals surface area contributed by atoms with Crippen LogP contribution in [0.5, 0.6) is 0 Å². The van der Waals surface area contributed by atoms with Crippen LogP contribution >= 0.6 is 12.4 Å². The first-order valence-corrected chi connectivity index (χ1v) is 8.67. The number of halogens is 1. The van der Waals surface area contributed by atoms with Gasteiger partial charge in [-0.25, -0.2) is 0 Å². The minimum Gasteiger partial charge on any atom is -0.378 e. The molecule has 0 aliphatic carbocycles. The van der Waals surface area contributed by atoms with E-state index in [0.717, 1.165) is 24.9 Å². The number of likely N-dealkylation sites (tertiary alicyclic amines) is 1. The zero-order valence-electron chi connectivity index (χ0n) is 14.3. The standard InChI is InChI=1S/C18H25N3O3.ClH/c22-17(12-16-13-24-11-8-19-16)20-15-6-9-21(10-7-15)18(23)14-4-2-1-3-5-14;/h1-5,15-16,19H,6-13H2,(H,20,22);1H. The largest absolute Gasteiger partial charge is 0.378 e. The molecule has 0 spiro atoms. The lowest BCUT2D eigenvalue weighted by Crippen LogP contribution is -2.49. The van der Waals surface area contributed by atoms with E-state index in [0.29, 0.717) is 32.7 Å². The number of rotatable bonds is 4. The molecule has 0 saturated carbocycles. The third-order valence-electron chi connectivity index (χ3n) is 4.60. The quantitative estimate of drug-likeness (QED) is 0.839. The van der Waals surface area contributed by atoms with Crippen molar-refractivity contribution in [3.63, 3.8) is 0 Å². The summed E-state index contributed by atoms with van der Waals surface area (Å²) >= 11 is 0. The maximum atomic E-state index is 12.4. The molecule has 2 fully saturated rings. The number of nitrogens with zero attached hydrogens (tertiary/aromatic N) is 1. The predicted molar refractivity (Wildman–Crippen MR) is 98.0 cm³/mol. The Morgan fingerprint density at radius 2 is 1.92 bits per heavy atom. The molecule has 1 aromatic rings. The van der Waals surface area contributed by atoms with E-state index in [1.54, 1.807) is 0 Å². The molecule has 1 atom stereocenters. The monoisotopic (exact) mass is 367 g/mol. The number of amides is 2. The van der Waals surface area contributed by atoms with Gasteiger partial charge in [-0.1, -0.05) is 18.2 Å². The van der Waals surface area contributed by atoms with Gasteiger partial charge in [-0.2, -0.15) is 0 Å². The first kappa shape index (κ1) is 19.7. The summed E-state index contributed by atoms with van der Waals surface area (Å²) in [4.78, 5) is 26.4. The Morgan fingerprint density at radius 1 is 1.20 bits per heavy atom. The van der Waals surface area contributed by atoms with E-state index >= 15 is 0 Å². The van der Waals surface area contributed by atoms with E-state index in [-0.39, 0.29) is 36.3 Å². The normalized spacial score (nSPS) is 21.3. The Bertz CT molecular complexity index is 556. The highest BCUT2D eigenvalue weighted by atomic mass is 35.5. The van der Waals surface area contributed by atoms with Crippen molar-refractivity contribution in [1.82, 2.24) is 15.5 Å². The van der Waals surface area contributed by atoms with Crippen LogP contribution in [0.15, 0.2) is 30.3 Å². The van der Waals surface area contributed by atoms with Gasteiger partial charge in [0.05, 0.1) is 13.2 Å². The Hall–Kier alpha value is -1.63. The molecule has 3 rings (SSSR count). The molecular weight excluding hydrogens is 342 g/mol. The van der Waals surface area contributed by atoms with Gasteiger partial charge in [0.1, 0.15) is 0 Å². The van der Waals surface area contributed by atoms with Crippen LogP contribution in [0.25, 0.3) is 0 Å². The summed E-state index contributed by atoms with van der Waals surface area (Å²) in [5.41, 5.74) is 0.725. The minimum atomic E-state index is 0. The van der Waals surface area contributed by atoms with Crippen molar-refractivity contribution < 1.29 is 14.3 Å². The van der Waals surface area contributed by atoms with E-state index in [4.69, 9.17) is 4.74 Å². The van der Waals surface area contributed by atoms with Crippen LogP contribution in [0.4, 0.5) is 0 Å². The number of piperidine rings is 1. The van der Waals surface area contributed by atoms with Gasteiger partial charge in [0.2, 0.25) is 5.91 Å². The van der Waals surface area contributed by atoms with Crippen LogP contribution in [0, 0.1) is 0 Å². The van der Waals surface area contributed by atoms with Crippen molar-refractivity contribution in [3.05, 3.63) is 35.9 Å². The summed E-state index contributed by atoms with van der Waals surface area (Å²) < 4.78 is 5.37. The van der Waals surface area contributed by atoms with Crippen LogP contribution in [-0.4, -0.2) is 61.6 Å². The van der Waals surface area contributed by atoms with Crippen molar-refractivity contribution >= 4 is 24.2 Å². The second kappa shape index (κ2) is 9.75. The maximum absolute atomic E-state index is 12.4. The molecule has 138 valence electrons. The van der Waals surface area contributed by atoms with E-state index < -0.39 is 0 Å². The average molecular weight is 368 g/mol. The van der Waals surface area contributed by atoms with Gasteiger partial charge in [-0.3, -0.25) is 9.59 Å². The van der Waals surface area contributed by atoms with Crippen molar-refractivity contribution in [3.8, 4) is 0 Å². The van der Waals surface area contributed by atoms with Crippen LogP contribution < -0.4 is 10.6 Å². The van der Waals surface area contributed by atoms with Gasteiger partial charge in [-0.05, 0) is 25.0 Å². The lowest BCUT2D eigenvalue weighted by atomic mass is 10.0. The third kappa shape index (κ3) is 5.70. The first-order valence-electron chi connectivity index (χ1n) is 8.67. The zero-order chi connectivity index (χ0) is 16.8. The molecule has 2 aliphatic rings. The van der Waals surface area contributed by atoms with Gasteiger partial charge >= 0.3 is 0 Å². The lowest BCUT2D eigenvalue weighted by molar-refractivity contribution is -0.123. The minimum absolute atomic E-state index is 0. The molecule has 2 amide bonds. The second-order valence-corrected chi connectivity index (χ2v) is 6.43. The Labute approximate surface area is 154 Å². The van der Waals surface area contributed by atoms with Crippen LogP contribution in [0.1, 0.15) is 29.6 Å². The van der Waals surface area contributed by atoms with Crippen molar-refractivity contribution in [2.45, 2.75) is 31.3 Å². The van der Waals surface area contributed by atoms with Crippen molar-refractivity contribution in [1.29, 1.82) is 0 Å². The summed E-state index contributed by atoms with van der Waals surface area (Å²) in [7, 11) is 0. The Kier molecular flexibility index (Phi) is 7.68. The maximum Gasteiger partial charge on any atom is 0.253 e. The molecule has 7 heteroatoms. The molecule has 2 saturated heterocycles. The molecular formula is C18H26ClN3O3. The topological polar surface area (TPSA) is 70.7 Å². The summed E-state index contributed by atoms with van der Waals surface area (Å²) in [6.07, 6.45) is 2.06. The SMILES string of the molecule is Cl.O=C(CC1COCCN1)NC1CCN(C(=O)c2ccccc2)CC1. The van der Waals surface area contributed by atoms with Gasteiger partial charge in [-0.15, -0.1) is 12.4 Å². The molecule has 6 nitrogen and oxygen atoms in total.